The number of hydrogen-bond donors (Lipinski definition) is 1. The molecule has 19 heavy (non-hydrogen) atoms. The van der Waals surface area contributed by atoms with Crippen molar-refractivity contribution in [3.63, 3.8) is 0 Å². The number of nitrogens with zero attached hydrogens (tertiary/aromatic N) is 1. The van der Waals surface area contributed by atoms with Gasteiger partial charge in [-0.1, -0.05) is 6.92 Å². The number of methoxy groups -OCH3 is 1. The molecule has 1 aromatic heterocycles. The maximum atomic E-state index is 11.5. The molecule has 0 aliphatic heterocycles. The summed E-state index contributed by atoms with van der Waals surface area (Å²) in [5.41, 5.74) is 1.01. The van der Waals surface area contributed by atoms with Gasteiger partial charge in [0, 0.05) is 23.6 Å². The van der Waals surface area contributed by atoms with Crippen LogP contribution in [0.15, 0.2) is 18.5 Å². The summed E-state index contributed by atoms with van der Waals surface area (Å²) in [6, 6.07) is 1.97. The molecule has 1 atom stereocenters. The first-order valence-electron chi connectivity index (χ1n) is 6.39. The highest BCUT2D eigenvalue weighted by atomic mass is 32.2. The fourth-order valence-corrected chi connectivity index (χ4v) is 2.85. The molecule has 0 saturated carbocycles. The van der Waals surface area contributed by atoms with Gasteiger partial charge in [0.05, 0.1) is 19.1 Å². The number of pyridine rings is 1. The molecule has 0 aliphatic carbocycles. The van der Waals surface area contributed by atoms with Gasteiger partial charge in [0.2, 0.25) is 0 Å². The Morgan fingerprint density at radius 1 is 1.47 bits per heavy atom. The Morgan fingerprint density at radius 2 is 2.21 bits per heavy atom. The van der Waals surface area contributed by atoms with Gasteiger partial charge in [0.1, 0.15) is 15.6 Å². The van der Waals surface area contributed by atoms with E-state index in [9.17, 15) is 8.42 Å². The topological polar surface area (TPSA) is 68.3 Å². The maximum Gasteiger partial charge on any atom is 0.150 e. The monoisotopic (exact) mass is 286 g/mol. The van der Waals surface area contributed by atoms with Crippen molar-refractivity contribution < 1.29 is 13.2 Å². The van der Waals surface area contributed by atoms with Crippen molar-refractivity contribution in [3.8, 4) is 5.75 Å². The average molecular weight is 286 g/mol. The molecule has 0 aliphatic rings. The van der Waals surface area contributed by atoms with E-state index in [1.807, 2.05) is 13.1 Å². The number of ether oxygens (including phenoxy) is 1. The number of rotatable bonds is 8. The largest absolute Gasteiger partial charge is 0.495 e. The highest BCUT2D eigenvalue weighted by Gasteiger charge is 2.15. The Balaban J connectivity index is 2.68. The number of sulfone groups is 1. The van der Waals surface area contributed by atoms with Crippen molar-refractivity contribution in [1.29, 1.82) is 0 Å². The van der Waals surface area contributed by atoms with Crippen LogP contribution in [-0.2, 0) is 9.84 Å². The predicted octanol–water partition coefficient (Wildman–Crippen LogP) is 1.57. The summed E-state index contributed by atoms with van der Waals surface area (Å²) in [6.45, 7) is 1.68. The smallest absolute Gasteiger partial charge is 0.150 e. The van der Waals surface area contributed by atoms with Crippen molar-refractivity contribution in [2.24, 2.45) is 0 Å². The van der Waals surface area contributed by atoms with Gasteiger partial charge in [-0.25, -0.2) is 8.42 Å². The van der Waals surface area contributed by atoms with Crippen LogP contribution in [0.3, 0.4) is 0 Å². The van der Waals surface area contributed by atoms with Gasteiger partial charge < -0.3 is 10.1 Å². The fraction of sp³-hybridized carbons (Fsp3) is 0.615. The van der Waals surface area contributed by atoms with Gasteiger partial charge in [0.15, 0.2) is 0 Å². The third-order valence-electron chi connectivity index (χ3n) is 3.15. The highest BCUT2D eigenvalue weighted by Crippen LogP contribution is 2.26. The van der Waals surface area contributed by atoms with E-state index >= 15 is 0 Å². The minimum absolute atomic E-state index is 0.0741. The van der Waals surface area contributed by atoms with Crippen molar-refractivity contribution in [2.75, 3.05) is 25.7 Å². The second-order valence-corrected chi connectivity index (χ2v) is 6.81. The van der Waals surface area contributed by atoms with Gasteiger partial charge in [-0.2, -0.15) is 0 Å². The fourth-order valence-electron chi connectivity index (χ4n) is 1.96. The summed E-state index contributed by atoms with van der Waals surface area (Å²) in [5.74, 6) is 1.16. The van der Waals surface area contributed by atoms with E-state index in [0.29, 0.717) is 6.42 Å². The first kappa shape index (κ1) is 15.9. The lowest BCUT2D eigenvalue weighted by atomic mass is 10.0. The molecule has 0 radical (unpaired) electrons. The average Bonchev–Trinajstić information content (AvgIpc) is 2.43. The Bertz CT molecular complexity index is 488. The SMILES string of the molecule is CCS(=O)(=O)CCCC(NC)c1ccncc1OC. The summed E-state index contributed by atoms with van der Waals surface area (Å²) in [7, 11) is 0.573. The first-order chi connectivity index (χ1) is 9.04. The summed E-state index contributed by atoms with van der Waals surface area (Å²) in [6.07, 6.45) is 4.76. The second-order valence-electron chi connectivity index (χ2n) is 4.34. The van der Waals surface area contributed by atoms with Gasteiger partial charge in [-0.15, -0.1) is 0 Å². The molecule has 0 amide bonds. The van der Waals surface area contributed by atoms with Crippen molar-refractivity contribution in [2.45, 2.75) is 25.8 Å². The van der Waals surface area contributed by atoms with Gasteiger partial charge in [-0.3, -0.25) is 4.98 Å². The zero-order valence-corrected chi connectivity index (χ0v) is 12.5. The Labute approximate surface area is 115 Å². The normalized spacial score (nSPS) is 13.2. The molecule has 6 heteroatoms. The highest BCUT2D eigenvalue weighted by molar-refractivity contribution is 7.91. The van der Waals surface area contributed by atoms with Crippen molar-refractivity contribution in [1.82, 2.24) is 10.3 Å². The van der Waals surface area contributed by atoms with E-state index in [-0.39, 0.29) is 17.5 Å². The molecule has 0 spiro atoms. The molecular formula is C13H22N2O3S. The molecule has 0 bridgehead atoms. The van der Waals surface area contributed by atoms with Crippen LogP contribution in [0.5, 0.6) is 5.75 Å². The quantitative estimate of drug-likeness (QED) is 0.785. The first-order valence-corrected chi connectivity index (χ1v) is 8.21. The molecular weight excluding hydrogens is 264 g/mol. The van der Waals surface area contributed by atoms with E-state index in [4.69, 9.17) is 4.74 Å². The van der Waals surface area contributed by atoms with Crippen LogP contribution >= 0.6 is 0 Å². The number of aromatic nitrogens is 1. The maximum absolute atomic E-state index is 11.5. The van der Waals surface area contributed by atoms with E-state index < -0.39 is 9.84 Å². The van der Waals surface area contributed by atoms with Crippen LogP contribution in [0, 0.1) is 0 Å². The van der Waals surface area contributed by atoms with Crippen molar-refractivity contribution >= 4 is 9.84 Å². The standard InChI is InChI=1S/C13H22N2O3S/c1-4-19(16,17)9-5-6-12(14-2)11-7-8-15-10-13(11)18-3/h7-8,10,12,14H,4-6,9H2,1-3H3. The third-order valence-corrected chi connectivity index (χ3v) is 4.94. The molecule has 5 nitrogen and oxygen atoms in total. The van der Waals surface area contributed by atoms with Crippen LogP contribution in [0.25, 0.3) is 0 Å². The molecule has 1 rings (SSSR count). The zero-order valence-electron chi connectivity index (χ0n) is 11.7. The molecule has 108 valence electrons. The minimum atomic E-state index is -2.89. The van der Waals surface area contributed by atoms with Gasteiger partial charge in [-0.05, 0) is 26.0 Å². The van der Waals surface area contributed by atoms with Crippen LogP contribution in [0.1, 0.15) is 31.4 Å². The van der Waals surface area contributed by atoms with Crippen molar-refractivity contribution in [3.05, 3.63) is 24.0 Å². The van der Waals surface area contributed by atoms with E-state index in [1.54, 1.807) is 26.4 Å². The lowest BCUT2D eigenvalue weighted by Gasteiger charge is -2.18. The zero-order chi connectivity index (χ0) is 14.3. The second kappa shape index (κ2) is 7.45. The predicted molar refractivity (Wildman–Crippen MR) is 76.2 cm³/mol. The Morgan fingerprint density at radius 3 is 2.79 bits per heavy atom. The van der Waals surface area contributed by atoms with Crippen LogP contribution in [-0.4, -0.2) is 39.1 Å². The summed E-state index contributed by atoms with van der Waals surface area (Å²) < 4.78 is 28.2. The van der Waals surface area contributed by atoms with E-state index in [0.717, 1.165) is 17.7 Å². The Hall–Kier alpha value is -1.14. The molecule has 1 unspecified atom stereocenters. The lowest BCUT2D eigenvalue weighted by Crippen LogP contribution is -2.19. The van der Waals surface area contributed by atoms with Gasteiger partial charge in [0.25, 0.3) is 0 Å². The lowest BCUT2D eigenvalue weighted by molar-refractivity contribution is 0.396. The van der Waals surface area contributed by atoms with E-state index in [2.05, 4.69) is 10.3 Å². The van der Waals surface area contributed by atoms with E-state index in [1.165, 1.54) is 0 Å². The molecule has 0 fully saturated rings. The number of nitrogens with one attached hydrogen (secondary N) is 1. The minimum Gasteiger partial charge on any atom is -0.495 e. The number of hydrogen-bond acceptors (Lipinski definition) is 5. The summed E-state index contributed by atoms with van der Waals surface area (Å²) >= 11 is 0. The molecule has 1 heterocycles. The summed E-state index contributed by atoms with van der Waals surface area (Å²) in [4.78, 5) is 4.02. The molecule has 1 N–H and O–H groups in total. The van der Waals surface area contributed by atoms with Gasteiger partial charge >= 0.3 is 0 Å². The molecule has 1 aromatic rings. The van der Waals surface area contributed by atoms with Crippen LogP contribution in [0.2, 0.25) is 0 Å². The molecule has 0 saturated heterocycles. The molecule has 0 aromatic carbocycles. The third kappa shape index (κ3) is 4.80. The van der Waals surface area contributed by atoms with Crippen LogP contribution < -0.4 is 10.1 Å². The summed E-state index contributed by atoms with van der Waals surface area (Å²) in [5, 5.41) is 3.19. The Kier molecular flexibility index (Phi) is 6.24. The van der Waals surface area contributed by atoms with Crippen LogP contribution in [0.4, 0.5) is 0 Å².